The van der Waals surface area contributed by atoms with Gasteiger partial charge in [-0.1, -0.05) is 36.4 Å². The van der Waals surface area contributed by atoms with E-state index in [1.54, 1.807) is 18.2 Å². The van der Waals surface area contributed by atoms with Crippen LogP contribution in [0, 0.1) is 0 Å². The van der Waals surface area contributed by atoms with Gasteiger partial charge in [-0.15, -0.1) is 11.3 Å². The number of amides is 2. The second kappa shape index (κ2) is 10.9. The average Bonchev–Trinajstić information content (AvgIpc) is 3.39. The van der Waals surface area contributed by atoms with E-state index in [-0.39, 0.29) is 11.8 Å². The number of nitrogens with one attached hydrogen (secondary N) is 2. The van der Waals surface area contributed by atoms with Gasteiger partial charge in [0.15, 0.2) is 0 Å². The van der Waals surface area contributed by atoms with Crippen molar-refractivity contribution in [2.24, 2.45) is 0 Å². The quantitative estimate of drug-likeness (QED) is 0.555. The van der Waals surface area contributed by atoms with Gasteiger partial charge in [0.1, 0.15) is 0 Å². The van der Waals surface area contributed by atoms with Crippen LogP contribution >= 0.6 is 11.3 Å². The zero-order valence-electron chi connectivity index (χ0n) is 18.0. The lowest BCUT2D eigenvalue weighted by Gasteiger charge is -2.36. The van der Waals surface area contributed by atoms with Crippen LogP contribution < -0.4 is 15.5 Å². The molecule has 166 valence electrons. The number of piperazine rings is 1. The largest absolute Gasteiger partial charge is 0.369 e. The van der Waals surface area contributed by atoms with Gasteiger partial charge in [0.2, 0.25) is 0 Å². The molecule has 0 unspecified atom stereocenters. The molecule has 0 atom stereocenters. The maximum absolute atomic E-state index is 12.5. The van der Waals surface area contributed by atoms with E-state index in [0.29, 0.717) is 23.5 Å². The summed E-state index contributed by atoms with van der Waals surface area (Å²) in [6.07, 6.45) is 0. The van der Waals surface area contributed by atoms with Crippen LogP contribution in [0.15, 0.2) is 72.1 Å². The smallest absolute Gasteiger partial charge is 0.261 e. The number of nitrogens with zero attached hydrogens (tertiary/aromatic N) is 2. The molecule has 2 heterocycles. The fraction of sp³-hybridized carbons (Fsp3) is 0.280. The first-order chi connectivity index (χ1) is 15.7. The Morgan fingerprint density at radius 1 is 0.812 bits per heavy atom. The molecule has 32 heavy (non-hydrogen) atoms. The SMILES string of the molecule is O=C(NCCN1CCN(c2ccccc2)CC1)c1ccc(CNC(=O)c2cccs2)cc1. The lowest BCUT2D eigenvalue weighted by molar-refractivity contribution is 0.0941. The second-order valence-corrected chi connectivity index (χ2v) is 8.72. The average molecular weight is 449 g/mol. The number of anilines is 1. The molecular weight excluding hydrogens is 420 g/mol. The normalized spacial score (nSPS) is 14.2. The standard InChI is InChI=1S/C25H28N4O2S/c30-24(21-10-8-20(9-11-21)19-27-25(31)23-7-4-18-32-23)26-12-13-28-14-16-29(17-15-28)22-5-2-1-3-6-22/h1-11,18H,12-17,19H2,(H,26,30)(H,27,31). The fourth-order valence-electron chi connectivity index (χ4n) is 3.75. The Kier molecular flexibility index (Phi) is 7.53. The van der Waals surface area contributed by atoms with Gasteiger partial charge in [-0.3, -0.25) is 14.5 Å². The molecule has 7 heteroatoms. The summed E-state index contributed by atoms with van der Waals surface area (Å²) in [4.78, 5) is 30.0. The molecule has 0 saturated carbocycles. The molecule has 1 fully saturated rings. The van der Waals surface area contributed by atoms with Gasteiger partial charge >= 0.3 is 0 Å². The highest BCUT2D eigenvalue weighted by molar-refractivity contribution is 7.12. The summed E-state index contributed by atoms with van der Waals surface area (Å²) in [7, 11) is 0. The molecule has 2 N–H and O–H groups in total. The summed E-state index contributed by atoms with van der Waals surface area (Å²) in [5.41, 5.74) is 2.87. The van der Waals surface area contributed by atoms with Crippen LogP contribution in [0.4, 0.5) is 5.69 Å². The number of hydrogen-bond donors (Lipinski definition) is 2. The minimum atomic E-state index is -0.0774. The van der Waals surface area contributed by atoms with Crippen molar-refractivity contribution in [3.05, 3.63) is 88.1 Å². The molecule has 0 spiro atoms. The summed E-state index contributed by atoms with van der Waals surface area (Å²) >= 11 is 1.42. The summed E-state index contributed by atoms with van der Waals surface area (Å²) in [5, 5.41) is 7.79. The Morgan fingerprint density at radius 2 is 1.56 bits per heavy atom. The Balaban J connectivity index is 1.16. The van der Waals surface area contributed by atoms with Crippen molar-refractivity contribution in [2.75, 3.05) is 44.2 Å². The van der Waals surface area contributed by atoms with Crippen LogP contribution in [-0.2, 0) is 6.54 Å². The van der Waals surface area contributed by atoms with E-state index in [1.807, 2.05) is 29.6 Å². The summed E-state index contributed by atoms with van der Waals surface area (Å²) in [6.45, 7) is 5.91. The number of thiophene rings is 1. The maximum Gasteiger partial charge on any atom is 0.261 e. The summed E-state index contributed by atoms with van der Waals surface area (Å²) in [5.74, 6) is -0.145. The van der Waals surface area contributed by atoms with Gasteiger partial charge in [-0.25, -0.2) is 0 Å². The molecule has 2 aromatic carbocycles. The third kappa shape index (κ3) is 5.96. The van der Waals surface area contributed by atoms with E-state index < -0.39 is 0 Å². The number of carbonyl (C=O) groups excluding carboxylic acids is 2. The zero-order chi connectivity index (χ0) is 22.2. The molecule has 1 aromatic heterocycles. The van der Waals surface area contributed by atoms with Crippen molar-refractivity contribution in [2.45, 2.75) is 6.54 Å². The minimum Gasteiger partial charge on any atom is -0.369 e. The molecule has 0 radical (unpaired) electrons. The second-order valence-electron chi connectivity index (χ2n) is 7.78. The van der Waals surface area contributed by atoms with Gasteiger partial charge in [-0.2, -0.15) is 0 Å². The summed E-state index contributed by atoms with van der Waals surface area (Å²) in [6, 6.07) is 21.5. The molecule has 2 amide bonds. The van der Waals surface area contributed by atoms with Crippen LogP contribution in [0.2, 0.25) is 0 Å². The van der Waals surface area contributed by atoms with Gasteiger partial charge in [-0.05, 0) is 41.3 Å². The molecule has 1 aliphatic heterocycles. The van der Waals surface area contributed by atoms with Crippen LogP contribution in [0.5, 0.6) is 0 Å². The lowest BCUT2D eigenvalue weighted by atomic mass is 10.1. The highest BCUT2D eigenvalue weighted by Gasteiger charge is 2.17. The number of para-hydroxylation sites is 1. The van der Waals surface area contributed by atoms with Gasteiger partial charge < -0.3 is 15.5 Å². The van der Waals surface area contributed by atoms with Crippen molar-refractivity contribution in [1.82, 2.24) is 15.5 Å². The van der Waals surface area contributed by atoms with Crippen molar-refractivity contribution < 1.29 is 9.59 Å². The predicted molar refractivity (Wildman–Crippen MR) is 129 cm³/mol. The molecular formula is C25H28N4O2S. The Hall–Kier alpha value is -3.16. The van der Waals surface area contributed by atoms with E-state index in [4.69, 9.17) is 0 Å². The minimum absolute atomic E-state index is 0.0675. The van der Waals surface area contributed by atoms with Crippen LogP contribution in [0.1, 0.15) is 25.6 Å². The maximum atomic E-state index is 12.5. The molecule has 4 rings (SSSR count). The molecule has 3 aromatic rings. The van der Waals surface area contributed by atoms with E-state index in [1.165, 1.54) is 17.0 Å². The third-order valence-corrected chi connectivity index (χ3v) is 6.49. The van der Waals surface area contributed by atoms with Crippen LogP contribution in [-0.4, -0.2) is 56.0 Å². The van der Waals surface area contributed by atoms with Crippen molar-refractivity contribution in [3.63, 3.8) is 0 Å². The highest BCUT2D eigenvalue weighted by Crippen LogP contribution is 2.15. The van der Waals surface area contributed by atoms with Crippen molar-refractivity contribution in [1.29, 1.82) is 0 Å². The Labute approximate surface area is 192 Å². The molecule has 0 aliphatic carbocycles. The van der Waals surface area contributed by atoms with E-state index in [0.717, 1.165) is 38.3 Å². The third-order valence-electron chi connectivity index (χ3n) is 5.62. The van der Waals surface area contributed by atoms with E-state index in [9.17, 15) is 9.59 Å². The molecule has 1 saturated heterocycles. The van der Waals surface area contributed by atoms with Gasteiger partial charge in [0.05, 0.1) is 4.88 Å². The van der Waals surface area contributed by atoms with E-state index >= 15 is 0 Å². The van der Waals surface area contributed by atoms with Crippen molar-refractivity contribution in [3.8, 4) is 0 Å². The van der Waals surface area contributed by atoms with Crippen LogP contribution in [0.25, 0.3) is 0 Å². The summed E-state index contributed by atoms with van der Waals surface area (Å²) < 4.78 is 0. The van der Waals surface area contributed by atoms with E-state index in [2.05, 4.69) is 44.7 Å². The molecule has 1 aliphatic rings. The topological polar surface area (TPSA) is 64.7 Å². The Bertz CT molecular complexity index is 998. The Morgan fingerprint density at radius 3 is 2.25 bits per heavy atom. The molecule has 6 nitrogen and oxygen atoms in total. The van der Waals surface area contributed by atoms with Crippen LogP contribution in [0.3, 0.4) is 0 Å². The fourth-order valence-corrected chi connectivity index (χ4v) is 4.39. The van der Waals surface area contributed by atoms with Crippen molar-refractivity contribution >= 4 is 28.8 Å². The first-order valence-electron chi connectivity index (χ1n) is 10.9. The predicted octanol–water partition coefficient (Wildman–Crippen LogP) is 3.23. The number of benzene rings is 2. The first-order valence-corrected chi connectivity index (χ1v) is 11.8. The monoisotopic (exact) mass is 448 g/mol. The number of hydrogen-bond acceptors (Lipinski definition) is 5. The lowest BCUT2D eigenvalue weighted by Crippen LogP contribution is -2.48. The number of carbonyl (C=O) groups is 2. The van der Waals surface area contributed by atoms with Gasteiger partial charge in [0.25, 0.3) is 11.8 Å². The zero-order valence-corrected chi connectivity index (χ0v) is 18.8. The highest BCUT2D eigenvalue weighted by atomic mass is 32.1. The first kappa shape index (κ1) is 22.0. The molecule has 0 bridgehead atoms. The number of rotatable bonds is 8. The van der Waals surface area contributed by atoms with Gasteiger partial charge in [0, 0.05) is 57.1 Å².